The van der Waals surface area contributed by atoms with Crippen LogP contribution in [0.3, 0.4) is 0 Å². The summed E-state index contributed by atoms with van der Waals surface area (Å²) in [5, 5.41) is 5.46. The monoisotopic (exact) mass is 691 g/mol. The Bertz CT molecular complexity index is 2370. The molecule has 0 atom stereocenters. The third-order valence-corrected chi connectivity index (χ3v) is 9.70. The zero-order valence-corrected chi connectivity index (χ0v) is 30.6. The molecule has 2 aromatic heterocycles. The first-order valence-electron chi connectivity index (χ1n) is 18.1. The number of rotatable bonds is 9. The standard InChI is InChI=1S/C46H42BN5O/c1-46(2,3)36-26-27-48-42(30-36)47(37-20-14-24-40(31-37)53-41-25-15-23-39(32-41)51-29-28-50(4)33-51)43-44(34-16-8-5-9-17-34)49-52(38-21-12-7-13-22-38)45(43)35-18-10-6-11-19-35/h5-32H,33H2,1-4H3. The molecule has 0 spiro atoms. The molecule has 0 amide bonds. The quantitative estimate of drug-likeness (QED) is 0.142. The first-order chi connectivity index (χ1) is 25.8. The molecule has 0 fully saturated rings. The molecule has 0 N–H and O–H groups in total. The largest absolute Gasteiger partial charge is 0.457 e. The Morgan fingerprint density at radius 3 is 1.96 bits per heavy atom. The van der Waals surface area contributed by atoms with Gasteiger partial charge >= 0.3 is 0 Å². The van der Waals surface area contributed by atoms with Crippen LogP contribution in [0.25, 0.3) is 28.2 Å². The molecule has 7 aromatic rings. The van der Waals surface area contributed by atoms with E-state index >= 15 is 0 Å². The Labute approximate surface area is 312 Å². The van der Waals surface area contributed by atoms with E-state index in [-0.39, 0.29) is 12.1 Å². The van der Waals surface area contributed by atoms with Gasteiger partial charge in [-0.25, -0.2) is 4.68 Å². The molecular formula is C46H42BN5O. The molecule has 7 heteroatoms. The maximum Gasteiger partial charge on any atom is 0.270 e. The predicted molar refractivity (Wildman–Crippen MR) is 219 cm³/mol. The van der Waals surface area contributed by atoms with Crippen molar-refractivity contribution >= 4 is 28.9 Å². The topological polar surface area (TPSA) is 46.4 Å². The van der Waals surface area contributed by atoms with E-state index in [0.717, 1.165) is 68.6 Å². The van der Waals surface area contributed by atoms with Gasteiger partial charge in [-0.3, -0.25) is 4.98 Å². The average molecular weight is 692 g/mol. The zero-order chi connectivity index (χ0) is 36.4. The van der Waals surface area contributed by atoms with Crippen LogP contribution in [0.5, 0.6) is 11.5 Å². The lowest BCUT2D eigenvalue weighted by molar-refractivity contribution is 0.481. The van der Waals surface area contributed by atoms with E-state index in [9.17, 15) is 0 Å². The molecule has 0 saturated heterocycles. The van der Waals surface area contributed by atoms with Crippen LogP contribution in [0.15, 0.2) is 170 Å². The fraction of sp³-hybridized carbons (Fsp3) is 0.130. The number of para-hydroxylation sites is 1. The van der Waals surface area contributed by atoms with Crippen molar-refractivity contribution < 1.29 is 4.74 Å². The normalized spacial score (nSPS) is 12.7. The molecule has 0 saturated carbocycles. The molecule has 5 aromatic carbocycles. The van der Waals surface area contributed by atoms with Crippen LogP contribution in [0.1, 0.15) is 26.3 Å². The fourth-order valence-corrected chi connectivity index (χ4v) is 7.02. The number of hydrogen-bond donors (Lipinski definition) is 0. The summed E-state index contributed by atoms with van der Waals surface area (Å²) in [5.74, 6) is 1.53. The van der Waals surface area contributed by atoms with E-state index in [1.807, 2.05) is 30.5 Å². The van der Waals surface area contributed by atoms with Gasteiger partial charge in [0.15, 0.2) is 0 Å². The minimum absolute atomic E-state index is 0.0731. The highest BCUT2D eigenvalue weighted by Crippen LogP contribution is 2.30. The van der Waals surface area contributed by atoms with Crippen molar-refractivity contribution in [1.29, 1.82) is 0 Å². The van der Waals surface area contributed by atoms with Crippen molar-refractivity contribution in [2.45, 2.75) is 26.2 Å². The molecule has 0 radical (unpaired) electrons. The second-order valence-corrected chi connectivity index (χ2v) is 14.6. The second-order valence-electron chi connectivity index (χ2n) is 14.6. The minimum atomic E-state index is -0.291. The maximum atomic E-state index is 6.64. The lowest BCUT2D eigenvalue weighted by atomic mass is 9.37. The summed E-state index contributed by atoms with van der Waals surface area (Å²) < 4.78 is 8.75. The van der Waals surface area contributed by atoms with Crippen molar-refractivity contribution in [3.63, 3.8) is 0 Å². The Morgan fingerprint density at radius 2 is 1.28 bits per heavy atom. The number of ether oxygens (including phenoxy) is 1. The van der Waals surface area contributed by atoms with Crippen molar-refractivity contribution in [2.24, 2.45) is 0 Å². The molecule has 8 rings (SSSR count). The highest BCUT2D eigenvalue weighted by molar-refractivity contribution is 6.96. The molecular weight excluding hydrogens is 649 g/mol. The van der Waals surface area contributed by atoms with Gasteiger partial charge in [0.1, 0.15) is 11.5 Å². The van der Waals surface area contributed by atoms with E-state index in [1.54, 1.807) is 0 Å². The first-order valence-corrected chi connectivity index (χ1v) is 18.1. The first kappa shape index (κ1) is 33.8. The number of anilines is 1. The van der Waals surface area contributed by atoms with Gasteiger partial charge in [-0.15, -0.1) is 0 Å². The lowest BCUT2D eigenvalue weighted by Gasteiger charge is -2.23. The summed E-state index contributed by atoms with van der Waals surface area (Å²) in [4.78, 5) is 9.49. The van der Waals surface area contributed by atoms with Gasteiger partial charge in [0.05, 0.1) is 23.7 Å². The Morgan fingerprint density at radius 1 is 0.642 bits per heavy atom. The van der Waals surface area contributed by atoms with Gasteiger partial charge in [0.25, 0.3) is 6.71 Å². The maximum absolute atomic E-state index is 6.64. The number of aromatic nitrogens is 3. The number of hydrogen-bond acceptors (Lipinski definition) is 5. The molecule has 260 valence electrons. The summed E-state index contributed by atoms with van der Waals surface area (Å²) in [6.07, 6.45) is 6.12. The van der Waals surface area contributed by atoms with E-state index in [4.69, 9.17) is 14.8 Å². The van der Waals surface area contributed by atoms with Gasteiger partial charge in [0.2, 0.25) is 0 Å². The van der Waals surface area contributed by atoms with Crippen LogP contribution in [0, 0.1) is 0 Å². The number of pyridine rings is 1. The van der Waals surface area contributed by atoms with Crippen molar-refractivity contribution in [3.05, 3.63) is 176 Å². The van der Waals surface area contributed by atoms with E-state index in [2.05, 4.69) is 182 Å². The minimum Gasteiger partial charge on any atom is -0.457 e. The van der Waals surface area contributed by atoms with E-state index in [1.165, 1.54) is 5.56 Å². The predicted octanol–water partition coefficient (Wildman–Crippen LogP) is 8.39. The van der Waals surface area contributed by atoms with Crippen LogP contribution in [0.2, 0.25) is 0 Å². The van der Waals surface area contributed by atoms with Crippen molar-refractivity contribution in [1.82, 2.24) is 19.7 Å². The van der Waals surface area contributed by atoms with Gasteiger partial charge in [0, 0.05) is 48.6 Å². The Kier molecular flexibility index (Phi) is 9.15. The zero-order valence-electron chi connectivity index (χ0n) is 30.6. The second kappa shape index (κ2) is 14.4. The van der Waals surface area contributed by atoms with E-state index in [0.29, 0.717) is 0 Å². The summed E-state index contributed by atoms with van der Waals surface area (Å²) in [6, 6.07) is 52.6. The molecule has 1 aliphatic heterocycles. The summed E-state index contributed by atoms with van der Waals surface area (Å²) >= 11 is 0. The van der Waals surface area contributed by atoms with E-state index < -0.39 is 0 Å². The number of benzene rings is 5. The SMILES string of the molecule is CN1C=CN(c2cccc(Oc3cccc(B(c4cc(C(C)(C)C)ccn4)c4c(-c5ccccc5)nn(-c5ccccc5)c4-c4ccccc4)c3)c2)C1. The third kappa shape index (κ3) is 7.11. The van der Waals surface area contributed by atoms with Gasteiger partial charge in [-0.05, 0) is 70.5 Å². The highest BCUT2D eigenvalue weighted by atomic mass is 16.5. The molecule has 53 heavy (non-hydrogen) atoms. The number of nitrogens with zero attached hydrogens (tertiary/aromatic N) is 5. The molecule has 6 nitrogen and oxygen atoms in total. The Hall–Kier alpha value is -6.34. The summed E-state index contributed by atoms with van der Waals surface area (Å²) in [7, 11) is 2.07. The van der Waals surface area contributed by atoms with Crippen LogP contribution in [-0.4, -0.2) is 40.1 Å². The summed E-state index contributed by atoms with van der Waals surface area (Å²) in [5.41, 5.74) is 10.3. The van der Waals surface area contributed by atoms with Crippen LogP contribution in [0.4, 0.5) is 5.69 Å². The average Bonchev–Trinajstić information content (AvgIpc) is 3.80. The van der Waals surface area contributed by atoms with Crippen molar-refractivity contribution in [3.8, 4) is 39.7 Å². The third-order valence-electron chi connectivity index (χ3n) is 9.70. The Balaban J connectivity index is 1.35. The van der Waals surface area contributed by atoms with Gasteiger partial charge in [-0.1, -0.05) is 123 Å². The van der Waals surface area contributed by atoms with Gasteiger partial charge < -0.3 is 14.5 Å². The van der Waals surface area contributed by atoms with Crippen LogP contribution in [-0.2, 0) is 5.41 Å². The van der Waals surface area contributed by atoms with Gasteiger partial charge in [-0.2, -0.15) is 5.10 Å². The smallest absolute Gasteiger partial charge is 0.270 e. The molecule has 0 bridgehead atoms. The highest BCUT2D eigenvalue weighted by Gasteiger charge is 2.35. The molecule has 0 unspecified atom stereocenters. The van der Waals surface area contributed by atoms with Crippen molar-refractivity contribution in [2.75, 3.05) is 18.6 Å². The van der Waals surface area contributed by atoms with Crippen LogP contribution >= 0.6 is 0 Å². The molecule has 3 heterocycles. The molecule has 1 aliphatic rings. The molecule has 0 aliphatic carbocycles. The summed E-state index contributed by atoms with van der Waals surface area (Å²) in [6.45, 7) is 7.25. The van der Waals surface area contributed by atoms with Crippen LogP contribution < -0.4 is 26.2 Å². The fourth-order valence-electron chi connectivity index (χ4n) is 7.02. The lowest BCUT2D eigenvalue weighted by Crippen LogP contribution is -2.54.